The molecule has 0 spiro atoms. The van der Waals surface area contributed by atoms with E-state index in [1.165, 1.54) is 11.3 Å². The third kappa shape index (κ3) is 2.87. The van der Waals surface area contributed by atoms with Gasteiger partial charge in [-0.3, -0.25) is 9.59 Å². The highest BCUT2D eigenvalue weighted by Crippen LogP contribution is 2.41. The van der Waals surface area contributed by atoms with Gasteiger partial charge in [-0.2, -0.15) is 0 Å². The van der Waals surface area contributed by atoms with E-state index < -0.39 is 11.5 Å². The van der Waals surface area contributed by atoms with Gasteiger partial charge < -0.3 is 10.4 Å². The van der Waals surface area contributed by atoms with Crippen LogP contribution in [0.3, 0.4) is 0 Å². The summed E-state index contributed by atoms with van der Waals surface area (Å²) in [6, 6.07) is 12.8. The van der Waals surface area contributed by atoms with Crippen LogP contribution < -0.4 is 5.32 Å². The number of hydrogen-bond acceptors (Lipinski definition) is 5. The minimum Gasteiger partial charge on any atom is -0.375 e. The van der Waals surface area contributed by atoms with Crippen molar-refractivity contribution in [1.29, 1.82) is 0 Å². The van der Waals surface area contributed by atoms with Crippen LogP contribution in [0.1, 0.15) is 21.7 Å². The van der Waals surface area contributed by atoms with E-state index in [-0.39, 0.29) is 12.2 Å². The summed E-state index contributed by atoms with van der Waals surface area (Å²) in [5.41, 5.74) is -0.882. The SMILES string of the molecule is O=C(CC1(O)C(=O)Nc2ccc(Br)cc21)c1ccc(-c2cccs2)s1. The maximum Gasteiger partial charge on any atom is 0.261 e. The van der Waals surface area contributed by atoms with Crippen molar-refractivity contribution in [2.45, 2.75) is 12.0 Å². The number of aliphatic hydroxyl groups is 1. The molecule has 1 aliphatic rings. The zero-order valence-electron chi connectivity index (χ0n) is 12.8. The Bertz CT molecular complexity index is 980. The molecule has 2 N–H and O–H groups in total. The molecule has 7 heteroatoms. The van der Waals surface area contributed by atoms with Crippen LogP contribution in [0.4, 0.5) is 5.69 Å². The molecule has 3 aromatic rings. The summed E-state index contributed by atoms with van der Waals surface area (Å²) in [6.07, 6.45) is -0.285. The molecular weight excluding hydrogens is 422 g/mol. The molecule has 0 saturated heterocycles. The second kappa shape index (κ2) is 6.17. The smallest absolute Gasteiger partial charge is 0.261 e. The van der Waals surface area contributed by atoms with Crippen molar-refractivity contribution in [2.75, 3.05) is 5.32 Å². The molecule has 0 bridgehead atoms. The van der Waals surface area contributed by atoms with Crippen molar-refractivity contribution >= 4 is 56.0 Å². The van der Waals surface area contributed by atoms with Crippen molar-refractivity contribution in [2.24, 2.45) is 0 Å². The van der Waals surface area contributed by atoms with Crippen LogP contribution in [0, 0.1) is 0 Å². The highest BCUT2D eigenvalue weighted by atomic mass is 79.9. The second-order valence-electron chi connectivity index (χ2n) is 5.75. The first-order valence-corrected chi connectivity index (χ1v) is 9.97. The molecule has 1 unspecified atom stereocenters. The molecule has 1 aromatic carbocycles. The molecule has 0 aliphatic carbocycles. The van der Waals surface area contributed by atoms with Crippen LogP contribution in [0.2, 0.25) is 0 Å². The number of hydrogen-bond donors (Lipinski definition) is 2. The maximum atomic E-state index is 12.7. The number of fused-ring (bicyclic) bond motifs is 1. The third-order valence-corrected chi connectivity index (χ3v) is 6.80. The number of amides is 1. The van der Waals surface area contributed by atoms with Gasteiger partial charge in [-0.1, -0.05) is 22.0 Å². The first kappa shape index (κ1) is 16.7. The van der Waals surface area contributed by atoms with Crippen LogP contribution in [0.25, 0.3) is 9.75 Å². The summed E-state index contributed by atoms with van der Waals surface area (Å²) in [4.78, 5) is 27.6. The van der Waals surface area contributed by atoms with E-state index >= 15 is 0 Å². The van der Waals surface area contributed by atoms with Crippen LogP contribution in [0.5, 0.6) is 0 Å². The third-order valence-electron chi connectivity index (χ3n) is 4.11. The highest BCUT2D eigenvalue weighted by Gasteiger charge is 2.47. The Morgan fingerprint density at radius 1 is 1.20 bits per heavy atom. The van der Waals surface area contributed by atoms with Crippen LogP contribution in [-0.4, -0.2) is 16.8 Å². The zero-order chi connectivity index (χ0) is 17.6. The molecular formula is C18H12BrNO3S2. The number of anilines is 1. The number of Topliss-reactive ketones (excluding diaryl/α,β-unsaturated/α-hetero) is 1. The number of thiophene rings is 2. The lowest BCUT2D eigenvalue weighted by atomic mass is 9.89. The topological polar surface area (TPSA) is 66.4 Å². The van der Waals surface area contributed by atoms with Gasteiger partial charge in [0.1, 0.15) is 0 Å². The number of nitrogens with one attached hydrogen (secondary N) is 1. The molecule has 0 saturated carbocycles. The fourth-order valence-electron chi connectivity index (χ4n) is 2.85. The minimum absolute atomic E-state index is 0.252. The Morgan fingerprint density at radius 2 is 2.04 bits per heavy atom. The Hall–Kier alpha value is -1.80. The van der Waals surface area contributed by atoms with E-state index in [4.69, 9.17) is 0 Å². The predicted octanol–water partition coefficient (Wildman–Crippen LogP) is 4.65. The fraction of sp³-hybridized carbons (Fsp3) is 0.111. The van der Waals surface area contributed by atoms with Crippen molar-refractivity contribution in [1.82, 2.24) is 0 Å². The summed E-state index contributed by atoms with van der Waals surface area (Å²) in [7, 11) is 0. The van der Waals surface area contributed by atoms with Gasteiger partial charge in [0.15, 0.2) is 11.4 Å². The van der Waals surface area contributed by atoms with E-state index in [1.54, 1.807) is 35.6 Å². The summed E-state index contributed by atoms with van der Waals surface area (Å²) in [6.45, 7) is 0. The number of ketones is 1. The van der Waals surface area contributed by atoms with Gasteiger partial charge in [0.25, 0.3) is 5.91 Å². The van der Waals surface area contributed by atoms with Gasteiger partial charge >= 0.3 is 0 Å². The van der Waals surface area contributed by atoms with E-state index in [0.29, 0.717) is 16.1 Å². The van der Waals surface area contributed by atoms with Crippen molar-refractivity contribution in [3.63, 3.8) is 0 Å². The number of carbonyl (C=O) groups is 2. The van der Waals surface area contributed by atoms with E-state index in [1.807, 2.05) is 23.6 Å². The number of benzene rings is 1. The van der Waals surface area contributed by atoms with Crippen LogP contribution in [-0.2, 0) is 10.4 Å². The normalized spacial score (nSPS) is 18.9. The number of rotatable bonds is 4. The van der Waals surface area contributed by atoms with Gasteiger partial charge in [0, 0.05) is 25.5 Å². The standard InChI is InChI=1S/C18H12BrNO3S2/c19-10-3-4-12-11(8-10)18(23,17(22)20-12)9-13(21)14-5-6-16(25-14)15-2-1-7-24-15/h1-8,23H,9H2,(H,20,22). The summed E-state index contributed by atoms with van der Waals surface area (Å²) in [5, 5.41) is 15.5. The monoisotopic (exact) mass is 433 g/mol. The van der Waals surface area contributed by atoms with Crippen LogP contribution in [0.15, 0.2) is 52.3 Å². The predicted molar refractivity (Wildman–Crippen MR) is 103 cm³/mol. The lowest BCUT2D eigenvalue weighted by Crippen LogP contribution is -2.36. The lowest BCUT2D eigenvalue weighted by Gasteiger charge is -2.19. The Balaban J connectivity index is 1.63. The van der Waals surface area contributed by atoms with Gasteiger partial charge in [-0.15, -0.1) is 22.7 Å². The molecule has 126 valence electrons. The quantitative estimate of drug-likeness (QED) is 0.588. The Kier molecular flexibility index (Phi) is 4.11. The van der Waals surface area contributed by atoms with Crippen molar-refractivity contribution in [3.8, 4) is 9.75 Å². The Labute approximate surface area is 160 Å². The largest absolute Gasteiger partial charge is 0.375 e. The minimum atomic E-state index is -1.84. The van der Waals surface area contributed by atoms with Crippen molar-refractivity contribution < 1.29 is 14.7 Å². The molecule has 25 heavy (non-hydrogen) atoms. The molecule has 3 heterocycles. The van der Waals surface area contributed by atoms with Crippen molar-refractivity contribution in [3.05, 3.63) is 62.8 Å². The highest BCUT2D eigenvalue weighted by molar-refractivity contribution is 9.10. The average Bonchev–Trinajstić information content (AvgIpc) is 3.30. The first-order valence-electron chi connectivity index (χ1n) is 7.48. The van der Waals surface area contributed by atoms with Gasteiger partial charge in [-0.25, -0.2) is 0 Å². The molecule has 2 aromatic heterocycles. The molecule has 1 atom stereocenters. The van der Waals surface area contributed by atoms with Gasteiger partial charge in [0.05, 0.1) is 11.3 Å². The summed E-state index contributed by atoms with van der Waals surface area (Å²) >= 11 is 6.32. The molecule has 0 fully saturated rings. The first-order chi connectivity index (χ1) is 12.0. The summed E-state index contributed by atoms with van der Waals surface area (Å²) < 4.78 is 0.740. The number of carbonyl (C=O) groups excluding carboxylic acids is 2. The molecule has 1 aliphatic heterocycles. The number of halogens is 1. The molecule has 4 rings (SSSR count). The fourth-order valence-corrected chi connectivity index (χ4v) is 4.99. The molecule has 4 nitrogen and oxygen atoms in total. The van der Waals surface area contributed by atoms with Gasteiger partial charge in [-0.05, 0) is 41.8 Å². The molecule has 0 radical (unpaired) electrons. The van der Waals surface area contributed by atoms with E-state index in [9.17, 15) is 14.7 Å². The maximum absolute atomic E-state index is 12.7. The molecule has 1 amide bonds. The zero-order valence-corrected chi connectivity index (χ0v) is 16.0. The van der Waals surface area contributed by atoms with E-state index in [0.717, 1.165) is 14.2 Å². The lowest BCUT2D eigenvalue weighted by molar-refractivity contribution is -0.133. The Morgan fingerprint density at radius 3 is 2.80 bits per heavy atom. The van der Waals surface area contributed by atoms with Gasteiger partial charge in [0.2, 0.25) is 0 Å². The van der Waals surface area contributed by atoms with Crippen LogP contribution >= 0.6 is 38.6 Å². The summed E-state index contributed by atoms with van der Waals surface area (Å²) in [5.74, 6) is -0.817. The average molecular weight is 434 g/mol. The van der Waals surface area contributed by atoms with E-state index in [2.05, 4.69) is 21.2 Å². The second-order valence-corrected chi connectivity index (χ2v) is 8.69.